The molecule has 0 saturated carbocycles. The Labute approximate surface area is 137 Å². The lowest BCUT2D eigenvalue weighted by atomic mass is 10.2. The van der Waals surface area contributed by atoms with Gasteiger partial charge in [0.15, 0.2) is 0 Å². The quantitative estimate of drug-likeness (QED) is 0.752. The number of thioether (sulfide) groups is 1. The third-order valence-electron chi connectivity index (χ3n) is 3.45. The van der Waals surface area contributed by atoms with E-state index in [-0.39, 0.29) is 11.1 Å². The standard InChI is InChI=1S/C17H15N3O2S/c1-11-7-8-15-18-9-12(17(22)20(15)10-11)16(21)19-13-5-3-4-6-14(13)23-2/h3-10H,1-2H3,(H,19,21). The third kappa shape index (κ3) is 2.98. The van der Waals surface area contributed by atoms with Gasteiger partial charge in [-0.15, -0.1) is 11.8 Å². The van der Waals surface area contributed by atoms with Crippen molar-refractivity contribution in [1.82, 2.24) is 9.38 Å². The SMILES string of the molecule is CSc1ccccc1NC(=O)c1cnc2ccc(C)cn2c1=O. The zero-order chi connectivity index (χ0) is 16.4. The molecule has 0 aliphatic carbocycles. The Morgan fingerprint density at radius 3 is 2.78 bits per heavy atom. The van der Waals surface area contributed by atoms with E-state index in [2.05, 4.69) is 10.3 Å². The minimum atomic E-state index is -0.458. The van der Waals surface area contributed by atoms with E-state index in [0.29, 0.717) is 11.3 Å². The highest BCUT2D eigenvalue weighted by Crippen LogP contribution is 2.24. The summed E-state index contributed by atoms with van der Waals surface area (Å²) in [6.07, 6.45) is 4.93. The molecular formula is C17H15N3O2S. The van der Waals surface area contributed by atoms with Crippen LogP contribution in [0, 0.1) is 6.92 Å². The molecule has 2 heterocycles. The van der Waals surface area contributed by atoms with Crippen LogP contribution < -0.4 is 10.9 Å². The van der Waals surface area contributed by atoms with Crippen LogP contribution in [0.2, 0.25) is 0 Å². The first-order valence-electron chi connectivity index (χ1n) is 7.02. The molecule has 0 aliphatic rings. The number of carbonyl (C=O) groups excluding carboxylic acids is 1. The largest absolute Gasteiger partial charge is 0.321 e. The Bertz CT molecular complexity index is 950. The number of carbonyl (C=O) groups is 1. The Hall–Kier alpha value is -2.60. The van der Waals surface area contributed by atoms with Gasteiger partial charge in [-0.25, -0.2) is 4.98 Å². The van der Waals surface area contributed by atoms with Gasteiger partial charge in [0.25, 0.3) is 11.5 Å². The van der Waals surface area contributed by atoms with Gasteiger partial charge in [0.2, 0.25) is 0 Å². The van der Waals surface area contributed by atoms with Crippen molar-refractivity contribution in [2.75, 3.05) is 11.6 Å². The van der Waals surface area contributed by atoms with Gasteiger partial charge in [-0.1, -0.05) is 18.2 Å². The molecule has 1 aromatic carbocycles. The molecule has 0 atom stereocenters. The fourth-order valence-electron chi connectivity index (χ4n) is 2.28. The lowest BCUT2D eigenvalue weighted by molar-refractivity contribution is 0.102. The Morgan fingerprint density at radius 1 is 1.22 bits per heavy atom. The summed E-state index contributed by atoms with van der Waals surface area (Å²) in [5.74, 6) is -0.458. The van der Waals surface area contributed by atoms with E-state index in [1.165, 1.54) is 22.4 Å². The minimum absolute atomic E-state index is 0.0176. The number of fused-ring (bicyclic) bond motifs is 1. The maximum absolute atomic E-state index is 12.5. The van der Waals surface area contributed by atoms with Crippen LogP contribution in [0.4, 0.5) is 5.69 Å². The highest BCUT2D eigenvalue weighted by Gasteiger charge is 2.14. The zero-order valence-electron chi connectivity index (χ0n) is 12.7. The summed E-state index contributed by atoms with van der Waals surface area (Å²) < 4.78 is 1.39. The van der Waals surface area contributed by atoms with Gasteiger partial charge in [0, 0.05) is 17.3 Å². The summed E-state index contributed by atoms with van der Waals surface area (Å²) in [4.78, 5) is 30.1. The number of rotatable bonds is 3. The number of nitrogens with one attached hydrogen (secondary N) is 1. The molecule has 23 heavy (non-hydrogen) atoms. The number of aromatic nitrogens is 2. The van der Waals surface area contributed by atoms with Gasteiger partial charge in [0.1, 0.15) is 11.2 Å². The van der Waals surface area contributed by atoms with Crippen LogP contribution in [0.1, 0.15) is 15.9 Å². The minimum Gasteiger partial charge on any atom is -0.321 e. The molecule has 1 amide bonds. The van der Waals surface area contributed by atoms with Crippen molar-refractivity contribution in [3.05, 3.63) is 70.3 Å². The van der Waals surface area contributed by atoms with Crippen LogP contribution in [0.25, 0.3) is 5.65 Å². The molecule has 0 unspecified atom stereocenters. The summed E-state index contributed by atoms with van der Waals surface area (Å²) in [6, 6.07) is 11.1. The van der Waals surface area contributed by atoms with E-state index in [1.54, 1.807) is 18.3 Å². The second-order valence-corrected chi connectivity index (χ2v) is 5.91. The number of benzene rings is 1. The Balaban J connectivity index is 2.01. The van der Waals surface area contributed by atoms with Crippen LogP contribution in [0.15, 0.2) is 58.5 Å². The molecule has 0 aliphatic heterocycles. The van der Waals surface area contributed by atoms with Gasteiger partial charge in [-0.3, -0.25) is 14.0 Å². The number of nitrogens with zero attached hydrogens (tertiary/aromatic N) is 2. The summed E-state index contributed by atoms with van der Waals surface area (Å²) in [7, 11) is 0. The van der Waals surface area contributed by atoms with Gasteiger partial charge in [-0.2, -0.15) is 0 Å². The van der Waals surface area contributed by atoms with Gasteiger partial charge in [0.05, 0.1) is 5.69 Å². The molecule has 0 spiro atoms. The van der Waals surface area contributed by atoms with E-state index < -0.39 is 5.91 Å². The van der Waals surface area contributed by atoms with Crippen LogP contribution in [-0.2, 0) is 0 Å². The molecular weight excluding hydrogens is 310 g/mol. The molecule has 3 aromatic rings. The average molecular weight is 325 g/mol. The van der Waals surface area contributed by atoms with E-state index in [9.17, 15) is 9.59 Å². The van der Waals surface area contributed by atoms with E-state index in [4.69, 9.17) is 0 Å². The molecule has 3 rings (SSSR count). The van der Waals surface area contributed by atoms with Crippen molar-refractivity contribution in [1.29, 1.82) is 0 Å². The van der Waals surface area contributed by atoms with E-state index in [0.717, 1.165) is 10.5 Å². The predicted octanol–water partition coefficient (Wildman–Crippen LogP) is 2.98. The summed E-state index contributed by atoms with van der Waals surface area (Å²) in [6.45, 7) is 1.88. The normalized spacial score (nSPS) is 10.7. The monoisotopic (exact) mass is 325 g/mol. The summed E-state index contributed by atoms with van der Waals surface area (Å²) >= 11 is 1.53. The van der Waals surface area contributed by atoms with Crippen LogP contribution >= 0.6 is 11.8 Å². The second-order valence-electron chi connectivity index (χ2n) is 5.07. The predicted molar refractivity (Wildman–Crippen MR) is 92.4 cm³/mol. The van der Waals surface area contributed by atoms with E-state index in [1.807, 2.05) is 37.4 Å². The maximum atomic E-state index is 12.5. The lowest BCUT2D eigenvalue weighted by Crippen LogP contribution is -2.26. The molecule has 5 nitrogen and oxygen atoms in total. The number of para-hydroxylation sites is 1. The fourth-order valence-corrected chi connectivity index (χ4v) is 2.83. The van der Waals surface area contributed by atoms with Gasteiger partial charge in [-0.05, 0) is 36.9 Å². The molecule has 0 bridgehead atoms. The topological polar surface area (TPSA) is 63.5 Å². The highest BCUT2D eigenvalue weighted by atomic mass is 32.2. The van der Waals surface area contributed by atoms with E-state index >= 15 is 0 Å². The first-order valence-corrected chi connectivity index (χ1v) is 8.25. The van der Waals surface area contributed by atoms with Gasteiger partial charge >= 0.3 is 0 Å². The van der Waals surface area contributed by atoms with Crippen molar-refractivity contribution >= 4 is 29.0 Å². The average Bonchev–Trinajstić information content (AvgIpc) is 2.56. The van der Waals surface area contributed by atoms with Crippen LogP contribution in [-0.4, -0.2) is 21.5 Å². The van der Waals surface area contributed by atoms with Crippen LogP contribution in [0.5, 0.6) is 0 Å². The molecule has 6 heteroatoms. The van der Waals surface area contributed by atoms with Crippen LogP contribution in [0.3, 0.4) is 0 Å². The van der Waals surface area contributed by atoms with Crippen molar-refractivity contribution in [2.45, 2.75) is 11.8 Å². The second kappa shape index (κ2) is 6.26. The number of aryl methyl sites for hydroxylation is 1. The smallest absolute Gasteiger partial charge is 0.270 e. The first kappa shape index (κ1) is 15.3. The molecule has 0 fully saturated rings. The summed E-state index contributed by atoms with van der Waals surface area (Å²) in [5, 5.41) is 2.78. The fraction of sp³-hybridized carbons (Fsp3) is 0.118. The summed E-state index contributed by atoms with van der Waals surface area (Å²) in [5.41, 5.74) is 1.76. The number of hydrogen-bond acceptors (Lipinski definition) is 4. The number of hydrogen-bond donors (Lipinski definition) is 1. The van der Waals surface area contributed by atoms with Gasteiger partial charge < -0.3 is 5.32 Å². The van der Waals surface area contributed by atoms with Crippen molar-refractivity contribution in [3.8, 4) is 0 Å². The molecule has 1 N–H and O–H groups in total. The molecule has 0 radical (unpaired) electrons. The zero-order valence-corrected chi connectivity index (χ0v) is 13.6. The number of amides is 1. The lowest BCUT2D eigenvalue weighted by Gasteiger charge is -2.09. The number of anilines is 1. The Morgan fingerprint density at radius 2 is 2.00 bits per heavy atom. The Kier molecular flexibility index (Phi) is 4.16. The van der Waals surface area contributed by atoms with Crippen molar-refractivity contribution < 1.29 is 4.79 Å². The maximum Gasteiger partial charge on any atom is 0.270 e. The molecule has 116 valence electrons. The molecule has 2 aromatic heterocycles. The van der Waals surface area contributed by atoms with Crippen molar-refractivity contribution in [2.24, 2.45) is 0 Å². The number of pyridine rings is 1. The third-order valence-corrected chi connectivity index (χ3v) is 4.25. The highest BCUT2D eigenvalue weighted by molar-refractivity contribution is 7.98. The van der Waals surface area contributed by atoms with Crippen molar-refractivity contribution in [3.63, 3.8) is 0 Å². The molecule has 0 saturated heterocycles. The first-order chi connectivity index (χ1) is 11.1.